The van der Waals surface area contributed by atoms with Crippen molar-refractivity contribution >= 4 is 17.4 Å². The monoisotopic (exact) mass is 286 g/mol. The molecule has 0 saturated carbocycles. The van der Waals surface area contributed by atoms with Gasteiger partial charge in [-0.1, -0.05) is 13.8 Å². The highest BCUT2D eigenvalue weighted by atomic mass is 32.1. The van der Waals surface area contributed by atoms with Crippen LogP contribution in [0.5, 0.6) is 0 Å². The molecular weight excluding hydrogens is 264 g/mol. The number of amides is 1. The summed E-state index contributed by atoms with van der Waals surface area (Å²) >= 11 is 1.40. The first kappa shape index (κ1) is 15.9. The summed E-state index contributed by atoms with van der Waals surface area (Å²) in [6, 6.07) is 0. The van der Waals surface area contributed by atoms with Gasteiger partial charge in [0.15, 0.2) is 0 Å². The summed E-state index contributed by atoms with van der Waals surface area (Å²) in [4.78, 5) is 15.8. The summed E-state index contributed by atoms with van der Waals surface area (Å²) in [6.45, 7) is 9.56. The molecule has 1 aromatic heterocycles. The van der Waals surface area contributed by atoms with Crippen LogP contribution in [0.2, 0.25) is 0 Å². The van der Waals surface area contributed by atoms with Crippen molar-refractivity contribution in [2.75, 3.05) is 6.54 Å². The number of aromatic nitrogens is 1. The molecule has 1 atom stereocenters. The molecule has 1 unspecified atom stereocenters. The second-order valence-electron chi connectivity index (χ2n) is 5.66. The normalized spacial score (nSPS) is 13.4. The average Bonchev–Trinajstić information content (AvgIpc) is 2.72. The van der Waals surface area contributed by atoms with Crippen LogP contribution in [-0.2, 0) is 4.74 Å². The molecule has 108 valence electrons. The van der Waals surface area contributed by atoms with Gasteiger partial charge in [0, 0.05) is 5.38 Å². The summed E-state index contributed by atoms with van der Waals surface area (Å²) in [5.41, 5.74) is 0.414. The van der Waals surface area contributed by atoms with E-state index in [2.05, 4.69) is 10.3 Å². The lowest BCUT2D eigenvalue weighted by Crippen LogP contribution is -2.34. The van der Waals surface area contributed by atoms with Gasteiger partial charge in [-0.15, -0.1) is 11.3 Å². The van der Waals surface area contributed by atoms with Crippen LogP contribution in [0.25, 0.3) is 0 Å². The van der Waals surface area contributed by atoms with Crippen LogP contribution < -0.4 is 5.32 Å². The number of carbonyl (C=O) groups excluding carboxylic acids is 1. The summed E-state index contributed by atoms with van der Waals surface area (Å²) in [6.07, 6.45) is -1.34. The van der Waals surface area contributed by atoms with E-state index < -0.39 is 17.8 Å². The van der Waals surface area contributed by atoms with Gasteiger partial charge in [0.2, 0.25) is 0 Å². The lowest BCUT2D eigenvalue weighted by atomic mass is 10.2. The molecule has 0 saturated heterocycles. The molecule has 0 fully saturated rings. The molecule has 1 rings (SSSR count). The Morgan fingerprint density at radius 2 is 2.16 bits per heavy atom. The highest BCUT2D eigenvalue weighted by molar-refractivity contribution is 7.09. The second kappa shape index (κ2) is 6.34. The second-order valence-corrected chi connectivity index (χ2v) is 6.55. The first-order valence-electron chi connectivity index (χ1n) is 6.29. The Balaban J connectivity index is 2.46. The molecule has 0 aliphatic heterocycles. The third-order valence-corrected chi connectivity index (χ3v) is 3.22. The van der Waals surface area contributed by atoms with E-state index in [9.17, 15) is 9.90 Å². The quantitative estimate of drug-likeness (QED) is 0.893. The number of rotatable bonds is 4. The van der Waals surface area contributed by atoms with Gasteiger partial charge in [-0.25, -0.2) is 9.78 Å². The van der Waals surface area contributed by atoms with E-state index in [1.54, 1.807) is 20.8 Å². The Morgan fingerprint density at radius 1 is 1.53 bits per heavy atom. The SMILES string of the molecule is CC(C)c1csc(C(O)CNC(=O)OC(C)(C)C)n1. The predicted molar refractivity (Wildman–Crippen MR) is 75.4 cm³/mol. The third-order valence-electron chi connectivity index (χ3n) is 2.25. The van der Waals surface area contributed by atoms with Gasteiger partial charge < -0.3 is 15.2 Å². The average molecular weight is 286 g/mol. The van der Waals surface area contributed by atoms with Gasteiger partial charge in [-0.05, 0) is 26.7 Å². The number of nitrogens with zero attached hydrogens (tertiary/aromatic N) is 1. The highest BCUT2D eigenvalue weighted by Crippen LogP contribution is 2.22. The minimum atomic E-state index is -0.801. The maximum atomic E-state index is 11.4. The van der Waals surface area contributed by atoms with Gasteiger partial charge in [-0.2, -0.15) is 0 Å². The van der Waals surface area contributed by atoms with Crippen molar-refractivity contribution in [2.45, 2.75) is 52.2 Å². The molecule has 1 aromatic rings. The van der Waals surface area contributed by atoms with Crippen LogP contribution in [-0.4, -0.2) is 28.3 Å². The van der Waals surface area contributed by atoms with E-state index in [1.807, 2.05) is 19.2 Å². The van der Waals surface area contributed by atoms with Gasteiger partial charge in [0.05, 0.1) is 12.2 Å². The number of thiazole rings is 1. The fourth-order valence-electron chi connectivity index (χ4n) is 1.30. The van der Waals surface area contributed by atoms with E-state index >= 15 is 0 Å². The Labute approximate surface area is 118 Å². The number of carbonyl (C=O) groups is 1. The number of hydrogen-bond acceptors (Lipinski definition) is 5. The van der Waals surface area contributed by atoms with E-state index in [0.29, 0.717) is 10.9 Å². The molecule has 1 heterocycles. The number of aliphatic hydroxyl groups excluding tert-OH is 1. The molecule has 2 N–H and O–H groups in total. The summed E-state index contributed by atoms with van der Waals surface area (Å²) < 4.78 is 5.09. The molecule has 19 heavy (non-hydrogen) atoms. The maximum Gasteiger partial charge on any atom is 0.407 e. The zero-order chi connectivity index (χ0) is 14.6. The van der Waals surface area contributed by atoms with E-state index in [1.165, 1.54) is 11.3 Å². The Hall–Kier alpha value is -1.14. The van der Waals surface area contributed by atoms with Crippen molar-refractivity contribution in [2.24, 2.45) is 0 Å². The summed E-state index contributed by atoms with van der Waals surface area (Å²) in [5.74, 6) is 0.330. The molecule has 1 amide bonds. The van der Waals surface area contributed by atoms with Crippen LogP contribution >= 0.6 is 11.3 Å². The fraction of sp³-hybridized carbons (Fsp3) is 0.692. The molecule has 0 bridgehead atoms. The van der Waals surface area contributed by atoms with Crippen molar-refractivity contribution in [3.05, 3.63) is 16.1 Å². The van der Waals surface area contributed by atoms with Crippen LogP contribution in [0.3, 0.4) is 0 Å². The van der Waals surface area contributed by atoms with Crippen molar-refractivity contribution in [1.82, 2.24) is 10.3 Å². The van der Waals surface area contributed by atoms with E-state index in [-0.39, 0.29) is 6.54 Å². The number of nitrogens with one attached hydrogen (secondary N) is 1. The predicted octanol–water partition coefficient (Wildman–Crippen LogP) is 2.82. The largest absolute Gasteiger partial charge is 0.444 e. The lowest BCUT2D eigenvalue weighted by molar-refractivity contribution is 0.0491. The maximum absolute atomic E-state index is 11.4. The molecule has 6 heteroatoms. The Bertz CT molecular complexity index is 424. The minimum absolute atomic E-state index is 0.0972. The van der Waals surface area contributed by atoms with Gasteiger partial charge in [-0.3, -0.25) is 0 Å². The van der Waals surface area contributed by atoms with Gasteiger partial charge in [0.25, 0.3) is 0 Å². The fourth-order valence-corrected chi connectivity index (χ4v) is 2.27. The summed E-state index contributed by atoms with van der Waals surface area (Å²) in [5, 5.41) is 15.0. The minimum Gasteiger partial charge on any atom is -0.444 e. The lowest BCUT2D eigenvalue weighted by Gasteiger charge is -2.20. The Kier molecular flexibility index (Phi) is 5.31. The molecule has 0 spiro atoms. The van der Waals surface area contributed by atoms with Crippen molar-refractivity contribution < 1.29 is 14.6 Å². The number of alkyl carbamates (subject to hydrolysis) is 1. The topological polar surface area (TPSA) is 71.5 Å². The van der Waals surface area contributed by atoms with Crippen molar-refractivity contribution in [3.63, 3.8) is 0 Å². The van der Waals surface area contributed by atoms with Gasteiger partial charge >= 0.3 is 6.09 Å². The first-order valence-corrected chi connectivity index (χ1v) is 7.17. The first-order chi connectivity index (χ1) is 8.69. The number of ether oxygens (including phenoxy) is 1. The van der Waals surface area contributed by atoms with Crippen LogP contribution in [0, 0.1) is 0 Å². The van der Waals surface area contributed by atoms with Crippen molar-refractivity contribution in [1.29, 1.82) is 0 Å². The number of hydrogen-bond donors (Lipinski definition) is 2. The Morgan fingerprint density at radius 3 is 2.63 bits per heavy atom. The summed E-state index contributed by atoms with van der Waals surface area (Å²) in [7, 11) is 0. The van der Waals surface area contributed by atoms with Gasteiger partial charge in [0.1, 0.15) is 16.7 Å². The molecular formula is C13H22N2O3S. The smallest absolute Gasteiger partial charge is 0.407 e. The molecule has 0 radical (unpaired) electrons. The zero-order valence-electron chi connectivity index (χ0n) is 12.1. The van der Waals surface area contributed by atoms with Crippen LogP contribution in [0.1, 0.15) is 57.3 Å². The highest BCUT2D eigenvalue weighted by Gasteiger charge is 2.18. The molecule has 0 aliphatic carbocycles. The third kappa shape index (κ3) is 5.57. The zero-order valence-corrected chi connectivity index (χ0v) is 12.9. The molecule has 0 aromatic carbocycles. The standard InChI is InChI=1S/C13H22N2O3S/c1-8(2)9-7-19-11(15-9)10(16)6-14-12(17)18-13(3,4)5/h7-8,10,16H,6H2,1-5H3,(H,14,17). The van der Waals surface area contributed by atoms with E-state index in [0.717, 1.165) is 5.69 Å². The molecule has 0 aliphatic rings. The van der Waals surface area contributed by atoms with Crippen LogP contribution in [0.15, 0.2) is 5.38 Å². The number of aliphatic hydroxyl groups is 1. The van der Waals surface area contributed by atoms with Crippen molar-refractivity contribution in [3.8, 4) is 0 Å². The van der Waals surface area contributed by atoms with Crippen LogP contribution in [0.4, 0.5) is 4.79 Å². The van der Waals surface area contributed by atoms with E-state index in [4.69, 9.17) is 4.74 Å². The molecule has 5 nitrogen and oxygen atoms in total.